The summed E-state index contributed by atoms with van der Waals surface area (Å²) in [5, 5.41) is 0. The van der Waals surface area contributed by atoms with Crippen LogP contribution in [0.1, 0.15) is 7.43 Å². The van der Waals surface area contributed by atoms with Crippen molar-refractivity contribution < 1.29 is 5.48 Å². The Morgan fingerprint density at radius 3 is 1.00 bits per heavy atom. The van der Waals surface area contributed by atoms with Crippen molar-refractivity contribution in [3.8, 4) is 12.8 Å². The van der Waals surface area contributed by atoms with Gasteiger partial charge < -0.3 is 5.48 Å². The molecule has 1 nitrogen and oxygen atoms in total. The van der Waals surface area contributed by atoms with Crippen LogP contribution in [0.3, 0.4) is 0 Å². The molecule has 0 fully saturated rings. The zero-order valence-electron chi connectivity index (χ0n) is 1.65. The molecule has 0 amide bonds. The first-order valence-electron chi connectivity index (χ1n) is 0.333. The normalized spacial score (nSPS) is 0.500. The maximum atomic E-state index is 4.00. The molecule has 0 aromatic rings. The summed E-state index contributed by atoms with van der Waals surface area (Å²) in [4.78, 5) is 0. The lowest BCUT2D eigenvalue weighted by Gasteiger charge is -0.701. The van der Waals surface area contributed by atoms with E-state index in [-0.39, 0.29) is 12.9 Å². The van der Waals surface area contributed by atoms with E-state index < -0.39 is 0 Å². The van der Waals surface area contributed by atoms with E-state index in [9.17, 15) is 0 Å². The van der Waals surface area contributed by atoms with E-state index in [0.29, 0.717) is 0 Å². The molecule has 2 N–H and O–H groups in total. The number of terminal acetylenes is 1. The van der Waals surface area contributed by atoms with E-state index in [1.807, 2.05) is 0 Å². The van der Waals surface area contributed by atoms with E-state index in [2.05, 4.69) is 12.8 Å². The molecule has 0 saturated heterocycles. The van der Waals surface area contributed by atoms with Crippen LogP contribution in [0.5, 0.6) is 0 Å². The summed E-state index contributed by atoms with van der Waals surface area (Å²) >= 11 is 0. The minimum atomic E-state index is 0. The summed E-state index contributed by atoms with van der Waals surface area (Å²) in [5.41, 5.74) is 0. The van der Waals surface area contributed by atoms with Crippen molar-refractivity contribution in [3.63, 3.8) is 0 Å². The molecule has 0 aliphatic rings. The second-order valence-corrected chi connectivity index (χ2v) is 0. The van der Waals surface area contributed by atoms with Crippen molar-refractivity contribution in [2.75, 3.05) is 0 Å². The molecule has 0 aromatic carbocycles. The summed E-state index contributed by atoms with van der Waals surface area (Å²) in [7, 11) is 0. The standard InChI is InChI=1S/C2H2.CH4.H2O/c1-2;;/h1-2H;1H4;1H2. The van der Waals surface area contributed by atoms with Crippen LogP contribution in [0.15, 0.2) is 0 Å². The highest BCUT2D eigenvalue weighted by Gasteiger charge is 0.454. The van der Waals surface area contributed by atoms with Gasteiger partial charge in [-0.2, -0.15) is 0 Å². The van der Waals surface area contributed by atoms with Crippen molar-refractivity contribution in [3.05, 3.63) is 0 Å². The van der Waals surface area contributed by atoms with Crippen LogP contribution in [-0.2, 0) is 0 Å². The third-order valence-electron chi connectivity index (χ3n) is 0. The highest BCUT2D eigenvalue weighted by molar-refractivity contribution is 4.47. The number of hydrogen-bond acceptors (Lipinski definition) is 0. The molecule has 0 rings (SSSR count). The van der Waals surface area contributed by atoms with Crippen LogP contribution in [0, 0.1) is 12.8 Å². The molecule has 0 bridgehead atoms. The number of rotatable bonds is 0. The molecule has 0 aromatic heterocycles. The van der Waals surface area contributed by atoms with Crippen molar-refractivity contribution in [2.45, 2.75) is 7.43 Å². The smallest absolute Gasteiger partial charge is 0.0776 e. The average Bonchev–Trinajstić information content (AvgIpc) is 1.00. The van der Waals surface area contributed by atoms with Gasteiger partial charge in [-0.1, -0.05) is 7.43 Å². The SMILES string of the molecule is C.C#C.O. The van der Waals surface area contributed by atoms with E-state index in [1.165, 1.54) is 0 Å². The first kappa shape index (κ1) is 82.7. The third kappa shape index (κ3) is 1.78. The topological polar surface area (TPSA) is 31.5 Å². The van der Waals surface area contributed by atoms with Gasteiger partial charge in [0.1, 0.15) is 0 Å². The second-order valence-electron chi connectivity index (χ2n) is 0. The van der Waals surface area contributed by atoms with E-state index >= 15 is 0 Å². The monoisotopic (exact) mass is 60.1 g/mol. The van der Waals surface area contributed by atoms with Gasteiger partial charge in [0, 0.05) is 0 Å². The fraction of sp³-hybridized carbons (Fsp3) is 0.333. The highest BCUT2D eigenvalue weighted by Crippen LogP contribution is 0.579. The average molecular weight is 60.1 g/mol. The van der Waals surface area contributed by atoms with E-state index in [0.717, 1.165) is 0 Å². The first-order valence-corrected chi connectivity index (χ1v) is 0.333. The molecule has 0 radical (unpaired) electrons. The summed E-state index contributed by atoms with van der Waals surface area (Å²) in [6.07, 6.45) is 8.00. The van der Waals surface area contributed by atoms with Crippen LogP contribution in [0.25, 0.3) is 0 Å². The Balaban J connectivity index is -0.00000000500. The van der Waals surface area contributed by atoms with Gasteiger partial charge in [-0.15, -0.1) is 12.8 Å². The molecular formula is C3H8O. The molecule has 0 atom stereocenters. The van der Waals surface area contributed by atoms with Gasteiger partial charge in [0.05, 0.1) is 0 Å². The van der Waals surface area contributed by atoms with Gasteiger partial charge in [-0.05, 0) is 0 Å². The lowest BCUT2D eigenvalue weighted by Crippen LogP contribution is -0.576. The molecule has 0 unspecified atom stereocenters. The Kier molecular flexibility index (Phi) is 522. The predicted molar refractivity (Wildman–Crippen MR) is 20.2 cm³/mol. The van der Waals surface area contributed by atoms with E-state index in [1.54, 1.807) is 0 Å². The fourth-order valence-corrected chi connectivity index (χ4v) is 0. The zero-order chi connectivity index (χ0) is 2.00. The van der Waals surface area contributed by atoms with Crippen molar-refractivity contribution >= 4 is 0 Å². The fourth-order valence-electron chi connectivity index (χ4n) is 0. The minimum absolute atomic E-state index is 0. The Morgan fingerprint density at radius 1 is 1.00 bits per heavy atom. The lowest BCUT2D eigenvalue weighted by atomic mass is 11.4. The summed E-state index contributed by atoms with van der Waals surface area (Å²) in [6.45, 7) is 0. The Hall–Kier alpha value is -0.480. The highest BCUT2D eigenvalue weighted by atomic mass is 16.0. The zero-order valence-corrected chi connectivity index (χ0v) is 1.65. The van der Waals surface area contributed by atoms with Crippen LogP contribution in [0.4, 0.5) is 0 Å². The Morgan fingerprint density at radius 2 is 1.00 bits per heavy atom. The predicted octanol–water partition coefficient (Wildman–Crippen LogP) is 0.0608. The van der Waals surface area contributed by atoms with Gasteiger partial charge in [-0.25, -0.2) is 0 Å². The molecule has 0 heterocycles. The van der Waals surface area contributed by atoms with Gasteiger partial charge in [0.15, 0.2) is 0 Å². The number of hydrogen-bond donors (Lipinski definition) is 0. The van der Waals surface area contributed by atoms with Gasteiger partial charge in [-0.3, -0.25) is 0 Å². The molecule has 0 spiro atoms. The van der Waals surface area contributed by atoms with Gasteiger partial charge in [0.2, 0.25) is 0 Å². The molecule has 0 aliphatic carbocycles. The van der Waals surface area contributed by atoms with Crippen molar-refractivity contribution in [1.82, 2.24) is 0 Å². The Bertz CT molecular complexity index is 8.00. The maximum Gasteiger partial charge on any atom is -0.0776 e. The Labute approximate surface area is 27.0 Å². The molecule has 0 saturated carbocycles. The quantitative estimate of drug-likeness (QED) is 0.354. The van der Waals surface area contributed by atoms with E-state index in [4.69, 9.17) is 0 Å². The molecule has 4 heavy (non-hydrogen) atoms. The summed E-state index contributed by atoms with van der Waals surface area (Å²) in [5.74, 6) is 0. The second kappa shape index (κ2) is 25.3. The van der Waals surface area contributed by atoms with Crippen molar-refractivity contribution in [2.24, 2.45) is 0 Å². The lowest BCUT2D eigenvalue weighted by molar-refractivity contribution is 0.824. The largest absolute Gasteiger partial charge is 0.412 e. The first-order chi connectivity index (χ1) is 1.00. The van der Waals surface area contributed by atoms with Crippen LogP contribution in [0.2, 0.25) is 0 Å². The summed E-state index contributed by atoms with van der Waals surface area (Å²) in [6, 6.07) is 0. The summed E-state index contributed by atoms with van der Waals surface area (Å²) < 4.78 is 0. The molecular weight excluding hydrogens is 52.0 g/mol. The minimum Gasteiger partial charge on any atom is -0.412 e. The van der Waals surface area contributed by atoms with Gasteiger partial charge >= 0.3 is 0 Å². The van der Waals surface area contributed by atoms with Crippen LogP contribution >= 0.6 is 0 Å². The van der Waals surface area contributed by atoms with Crippen LogP contribution in [-0.4, -0.2) is 5.48 Å². The van der Waals surface area contributed by atoms with Gasteiger partial charge in [0.25, 0.3) is 0 Å². The maximum absolute atomic E-state index is 4.00. The molecule has 26 valence electrons. The van der Waals surface area contributed by atoms with Crippen LogP contribution < -0.4 is 0 Å². The molecule has 0 aliphatic heterocycles. The van der Waals surface area contributed by atoms with Crippen molar-refractivity contribution in [1.29, 1.82) is 0 Å². The third-order valence-corrected chi connectivity index (χ3v) is 0. The molecule has 1 heteroatoms.